The molecule has 0 aliphatic carbocycles. The van der Waals surface area contributed by atoms with E-state index in [2.05, 4.69) is 5.32 Å². The maximum atomic E-state index is 13.7. The molecule has 0 saturated heterocycles. The van der Waals surface area contributed by atoms with E-state index >= 15 is 0 Å². The predicted octanol–water partition coefficient (Wildman–Crippen LogP) is 4.32. The van der Waals surface area contributed by atoms with Gasteiger partial charge in [-0.1, -0.05) is 18.2 Å². The first-order valence-corrected chi connectivity index (χ1v) is 10.9. The van der Waals surface area contributed by atoms with Gasteiger partial charge in [-0.25, -0.2) is 0 Å². The minimum absolute atomic E-state index is 0.180. The Hall–Kier alpha value is -3.52. The second-order valence-electron chi connectivity index (χ2n) is 7.34. The Kier molecular flexibility index (Phi) is 6.05. The highest BCUT2D eigenvalue weighted by Crippen LogP contribution is 2.47. The number of fused-ring (bicyclic) bond motifs is 1. The van der Waals surface area contributed by atoms with Crippen LogP contribution in [0.25, 0.3) is 0 Å². The predicted molar refractivity (Wildman–Crippen MR) is 123 cm³/mol. The van der Waals surface area contributed by atoms with Gasteiger partial charge in [-0.05, 0) is 41.3 Å². The third-order valence-electron chi connectivity index (χ3n) is 5.66. The van der Waals surface area contributed by atoms with Gasteiger partial charge in [0.2, 0.25) is 5.91 Å². The maximum Gasteiger partial charge on any atom is 0.254 e. The molecule has 8 heteroatoms. The van der Waals surface area contributed by atoms with Crippen LogP contribution in [0, 0.1) is 0 Å². The molecule has 0 fully saturated rings. The standard InChI is InChI=1S/C24H24N2O5S/c1-26-22(20-10-7-11-32-20)21(23(27)25-16-8-5-6-9-17(16)29-2)14-12-18(30-3)19(31-4)13-15(14)24(26)28/h5-13,21-22H,1-4H3,(H,25,27)/t21-,22-/m0/s1. The van der Waals surface area contributed by atoms with Crippen molar-refractivity contribution >= 4 is 28.8 Å². The first-order chi connectivity index (χ1) is 15.5. The number of likely N-dealkylation sites (N-methyl/N-ethyl adjacent to an activating group) is 1. The number of methoxy groups -OCH3 is 3. The average molecular weight is 453 g/mol. The number of anilines is 1. The monoisotopic (exact) mass is 452 g/mol. The minimum atomic E-state index is -0.670. The summed E-state index contributed by atoms with van der Waals surface area (Å²) in [4.78, 5) is 29.6. The minimum Gasteiger partial charge on any atom is -0.495 e. The third kappa shape index (κ3) is 3.67. The summed E-state index contributed by atoms with van der Waals surface area (Å²) in [5, 5.41) is 4.93. The van der Waals surface area contributed by atoms with E-state index in [4.69, 9.17) is 14.2 Å². The van der Waals surface area contributed by atoms with Crippen LogP contribution in [-0.2, 0) is 4.79 Å². The number of rotatable bonds is 6. The molecule has 0 radical (unpaired) electrons. The summed E-state index contributed by atoms with van der Waals surface area (Å²) in [5.74, 6) is 0.355. The topological polar surface area (TPSA) is 77.1 Å². The van der Waals surface area contributed by atoms with Gasteiger partial charge >= 0.3 is 0 Å². The number of carbonyl (C=O) groups excluding carboxylic acids is 2. The van der Waals surface area contributed by atoms with Crippen molar-refractivity contribution in [2.75, 3.05) is 33.7 Å². The Morgan fingerprint density at radius 2 is 1.66 bits per heavy atom. The maximum absolute atomic E-state index is 13.7. The van der Waals surface area contributed by atoms with Crippen LogP contribution in [0.4, 0.5) is 5.69 Å². The molecule has 1 aliphatic rings. The van der Waals surface area contributed by atoms with Gasteiger partial charge in [-0.15, -0.1) is 11.3 Å². The van der Waals surface area contributed by atoms with Crippen LogP contribution >= 0.6 is 11.3 Å². The molecule has 166 valence electrons. The number of nitrogens with one attached hydrogen (secondary N) is 1. The van der Waals surface area contributed by atoms with Crippen LogP contribution in [0.5, 0.6) is 17.2 Å². The van der Waals surface area contributed by atoms with Crippen LogP contribution < -0.4 is 19.5 Å². The van der Waals surface area contributed by atoms with Crippen LogP contribution in [0.3, 0.4) is 0 Å². The Morgan fingerprint density at radius 3 is 2.31 bits per heavy atom. The summed E-state index contributed by atoms with van der Waals surface area (Å²) >= 11 is 1.51. The van der Waals surface area contributed by atoms with Gasteiger partial charge in [0.1, 0.15) is 5.75 Å². The fraction of sp³-hybridized carbons (Fsp3) is 0.250. The number of para-hydroxylation sites is 2. The lowest BCUT2D eigenvalue weighted by atomic mass is 9.81. The molecule has 0 spiro atoms. The van der Waals surface area contributed by atoms with Gasteiger partial charge in [0.15, 0.2) is 11.5 Å². The van der Waals surface area contributed by atoms with Crippen molar-refractivity contribution in [3.05, 3.63) is 69.9 Å². The zero-order valence-corrected chi connectivity index (χ0v) is 19.1. The van der Waals surface area contributed by atoms with Gasteiger partial charge in [-0.3, -0.25) is 9.59 Å². The SMILES string of the molecule is COc1ccccc1NC(=O)[C@H]1c2cc(OC)c(OC)cc2C(=O)N(C)[C@H]1c1cccs1. The van der Waals surface area contributed by atoms with Crippen molar-refractivity contribution in [1.82, 2.24) is 4.90 Å². The van der Waals surface area contributed by atoms with E-state index in [1.165, 1.54) is 25.6 Å². The molecular formula is C24H24N2O5S. The number of ether oxygens (including phenoxy) is 3. The summed E-state index contributed by atoms with van der Waals surface area (Å²) in [6, 6.07) is 14.0. The van der Waals surface area contributed by atoms with E-state index in [0.717, 1.165) is 4.88 Å². The van der Waals surface area contributed by atoms with E-state index in [1.54, 1.807) is 43.3 Å². The Balaban J connectivity index is 1.87. The summed E-state index contributed by atoms with van der Waals surface area (Å²) in [6.07, 6.45) is 0. The molecule has 32 heavy (non-hydrogen) atoms. The fourth-order valence-corrected chi connectivity index (χ4v) is 5.01. The lowest BCUT2D eigenvalue weighted by Gasteiger charge is -2.39. The van der Waals surface area contributed by atoms with Crippen LogP contribution in [-0.4, -0.2) is 45.1 Å². The lowest BCUT2D eigenvalue weighted by molar-refractivity contribution is -0.119. The van der Waals surface area contributed by atoms with E-state index in [-0.39, 0.29) is 11.8 Å². The summed E-state index contributed by atoms with van der Waals surface area (Å²) < 4.78 is 16.3. The molecule has 2 amide bonds. The molecule has 4 rings (SSSR count). The smallest absolute Gasteiger partial charge is 0.254 e. The van der Waals surface area contributed by atoms with Crippen molar-refractivity contribution < 1.29 is 23.8 Å². The van der Waals surface area contributed by atoms with Crippen molar-refractivity contribution in [2.24, 2.45) is 0 Å². The Labute approximate surface area is 190 Å². The number of carbonyl (C=O) groups is 2. The van der Waals surface area contributed by atoms with Gasteiger partial charge in [0.25, 0.3) is 5.91 Å². The average Bonchev–Trinajstić information content (AvgIpc) is 3.35. The van der Waals surface area contributed by atoms with Gasteiger partial charge in [0, 0.05) is 17.5 Å². The van der Waals surface area contributed by atoms with Gasteiger partial charge in [0.05, 0.1) is 39.0 Å². The highest BCUT2D eigenvalue weighted by Gasteiger charge is 2.44. The molecule has 0 saturated carbocycles. The number of benzene rings is 2. The van der Waals surface area contributed by atoms with Crippen molar-refractivity contribution in [1.29, 1.82) is 0 Å². The van der Waals surface area contributed by atoms with Crippen molar-refractivity contribution in [3.63, 3.8) is 0 Å². The molecule has 2 heterocycles. The van der Waals surface area contributed by atoms with Crippen molar-refractivity contribution in [3.8, 4) is 17.2 Å². The molecule has 2 atom stereocenters. The number of amides is 2. The van der Waals surface area contributed by atoms with Crippen LogP contribution in [0.15, 0.2) is 53.9 Å². The first kappa shape index (κ1) is 21.7. The summed E-state index contributed by atoms with van der Waals surface area (Å²) in [6.45, 7) is 0. The van der Waals surface area contributed by atoms with Gasteiger partial charge < -0.3 is 24.4 Å². The number of nitrogens with zero attached hydrogens (tertiary/aromatic N) is 1. The summed E-state index contributed by atoms with van der Waals surface area (Å²) in [7, 11) is 6.32. The second-order valence-corrected chi connectivity index (χ2v) is 8.32. The lowest BCUT2D eigenvalue weighted by Crippen LogP contribution is -2.43. The van der Waals surface area contributed by atoms with E-state index in [9.17, 15) is 9.59 Å². The van der Waals surface area contributed by atoms with Crippen molar-refractivity contribution in [2.45, 2.75) is 12.0 Å². The highest BCUT2D eigenvalue weighted by atomic mass is 32.1. The normalized spacial score (nSPS) is 17.5. The van der Waals surface area contributed by atoms with E-state index in [1.807, 2.05) is 29.6 Å². The fourth-order valence-electron chi connectivity index (χ4n) is 4.10. The van der Waals surface area contributed by atoms with E-state index < -0.39 is 12.0 Å². The number of hydrogen-bond donors (Lipinski definition) is 1. The molecule has 0 unspecified atom stereocenters. The third-order valence-corrected chi connectivity index (χ3v) is 6.60. The Morgan fingerprint density at radius 1 is 0.969 bits per heavy atom. The molecule has 3 aromatic rings. The Bertz CT molecular complexity index is 1150. The second kappa shape index (κ2) is 8.92. The zero-order valence-electron chi connectivity index (χ0n) is 18.2. The quantitative estimate of drug-likeness (QED) is 0.603. The number of thiophene rings is 1. The molecule has 7 nitrogen and oxygen atoms in total. The van der Waals surface area contributed by atoms with Crippen LogP contribution in [0.2, 0.25) is 0 Å². The zero-order chi connectivity index (χ0) is 22.8. The van der Waals surface area contributed by atoms with E-state index in [0.29, 0.717) is 34.1 Å². The largest absolute Gasteiger partial charge is 0.495 e. The molecule has 0 bridgehead atoms. The molecule has 2 aromatic carbocycles. The number of hydrogen-bond acceptors (Lipinski definition) is 6. The molecule has 1 aliphatic heterocycles. The summed E-state index contributed by atoms with van der Waals surface area (Å²) in [5.41, 5.74) is 1.57. The first-order valence-electron chi connectivity index (χ1n) is 10.0. The van der Waals surface area contributed by atoms with Gasteiger partial charge in [-0.2, -0.15) is 0 Å². The molecule has 1 aromatic heterocycles. The molecular weight excluding hydrogens is 428 g/mol. The highest BCUT2D eigenvalue weighted by molar-refractivity contribution is 7.10. The molecule has 1 N–H and O–H groups in total. The van der Waals surface area contributed by atoms with Crippen LogP contribution in [0.1, 0.15) is 32.8 Å².